The third kappa shape index (κ3) is 2.54. The van der Waals surface area contributed by atoms with Gasteiger partial charge in [-0.15, -0.1) is 0 Å². The molecule has 2 aromatic carbocycles. The van der Waals surface area contributed by atoms with E-state index in [-0.39, 0.29) is 6.10 Å². The zero-order valence-corrected chi connectivity index (χ0v) is 10.4. The number of benzene rings is 2. The topological polar surface area (TPSA) is 21.8 Å². The largest absolute Gasteiger partial charge is 0.490 e. The lowest BCUT2D eigenvalue weighted by Gasteiger charge is -2.11. The maximum Gasteiger partial charge on any atom is 0.127 e. The molecule has 0 aliphatic carbocycles. The predicted molar refractivity (Wildman–Crippen MR) is 71.9 cm³/mol. The van der Waals surface area contributed by atoms with E-state index in [9.17, 15) is 0 Å². The van der Waals surface area contributed by atoms with E-state index in [2.05, 4.69) is 37.3 Å². The summed E-state index contributed by atoms with van der Waals surface area (Å²) in [5, 5.41) is 0. The van der Waals surface area contributed by atoms with E-state index >= 15 is 0 Å². The molecular weight excluding hydrogens is 224 g/mol. The number of ether oxygens (including phenoxy) is 2. The number of aryl methyl sites for hydroxylation is 1. The van der Waals surface area contributed by atoms with Crippen LogP contribution in [0.1, 0.15) is 5.56 Å². The Morgan fingerprint density at radius 3 is 2.78 bits per heavy atom. The van der Waals surface area contributed by atoms with Crippen LogP contribution in [0.25, 0.3) is 11.1 Å². The smallest absolute Gasteiger partial charge is 0.127 e. The fourth-order valence-corrected chi connectivity index (χ4v) is 1.99. The SMILES string of the molecule is Cc1cccc(-c2ccccc2OCC2CO2)c1. The van der Waals surface area contributed by atoms with Crippen molar-refractivity contribution in [1.29, 1.82) is 0 Å². The van der Waals surface area contributed by atoms with Crippen molar-refractivity contribution < 1.29 is 9.47 Å². The van der Waals surface area contributed by atoms with Crippen molar-refractivity contribution in [2.75, 3.05) is 13.2 Å². The van der Waals surface area contributed by atoms with Gasteiger partial charge in [0, 0.05) is 5.56 Å². The molecule has 92 valence electrons. The van der Waals surface area contributed by atoms with Gasteiger partial charge >= 0.3 is 0 Å². The molecule has 1 saturated heterocycles. The zero-order valence-electron chi connectivity index (χ0n) is 10.4. The minimum Gasteiger partial charge on any atom is -0.490 e. The normalized spacial score (nSPS) is 17.5. The molecule has 2 aromatic rings. The summed E-state index contributed by atoms with van der Waals surface area (Å²) >= 11 is 0. The summed E-state index contributed by atoms with van der Waals surface area (Å²) in [6.45, 7) is 3.57. The lowest BCUT2D eigenvalue weighted by atomic mass is 10.0. The molecule has 1 aliphatic rings. The van der Waals surface area contributed by atoms with E-state index in [0.717, 1.165) is 17.9 Å². The Morgan fingerprint density at radius 2 is 2.00 bits per heavy atom. The van der Waals surface area contributed by atoms with Gasteiger partial charge in [0.25, 0.3) is 0 Å². The maximum atomic E-state index is 5.83. The third-order valence-corrected chi connectivity index (χ3v) is 3.04. The van der Waals surface area contributed by atoms with Crippen molar-refractivity contribution in [3.05, 3.63) is 54.1 Å². The first-order valence-corrected chi connectivity index (χ1v) is 6.23. The summed E-state index contributed by atoms with van der Waals surface area (Å²) in [4.78, 5) is 0. The molecule has 1 fully saturated rings. The highest BCUT2D eigenvalue weighted by Crippen LogP contribution is 2.30. The van der Waals surface area contributed by atoms with Crippen LogP contribution in [-0.2, 0) is 4.74 Å². The highest BCUT2D eigenvalue weighted by atomic mass is 16.6. The van der Waals surface area contributed by atoms with Gasteiger partial charge < -0.3 is 9.47 Å². The van der Waals surface area contributed by atoms with Crippen molar-refractivity contribution in [2.45, 2.75) is 13.0 Å². The van der Waals surface area contributed by atoms with Gasteiger partial charge in [0.1, 0.15) is 18.5 Å². The number of hydrogen-bond donors (Lipinski definition) is 0. The summed E-state index contributed by atoms with van der Waals surface area (Å²) in [6, 6.07) is 16.6. The van der Waals surface area contributed by atoms with E-state index in [1.54, 1.807) is 0 Å². The Labute approximate surface area is 107 Å². The Bertz CT molecular complexity index is 544. The highest BCUT2D eigenvalue weighted by molar-refractivity contribution is 5.70. The van der Waals surface area contributed by atoms with Gasteiger partial charge in [-0.25, -0.2) is 0 Å². The zero-order chi connectivity index (χ0) is 12.4. The van der Waals surface area contributed by atoms with Crippen LogP contribution in [0.2, 0.25) is 0 Å². The van der Waals surface area contributed by atoms with Gasteiger partial charge in [-0.2, -0.15) is 0 Å². The fraction of sp³-hybridized carbons (Fsp3) is 0.250. The molecule has 1 aliphatic heterocycles. The molecule has 0 amide bonds. The molecule has 3 rings (SSSR count). The summed E-state index contributed by atoms with van der Waals surface area (Å²) < 4.78 is 11.0. The lowest BCUT2D eigenvalue weighted by molar-refractivity contribution is 0.264. The van der Waals surface area contributed by atoms with Crippen LogP contribution >= 0.6 is 0 Å². The van der Waals surface area contributed by atoms with Crippen LogP contribution in [0.15, 0.2) is 48.5 Å². The lowest BCUT2D eigenvalue weighted by Crippen LogP contribution is -2.04. The van der Waals surface area contributed by atoms with Gasteiger partial charge in [0.05, 0.1) is 6.61 Å². The predicted octanol–water partition coefficient (Wildman–Crippen LogP) is 3.44. The van der Waals surface area contributed by atoms with Gasteiger partial charge in [-0.3, -0.25) is 0 Å². The van der Waals surface area contributed by atoms with Crippen molar-refractivity contribution in [2.24, 2.45) is 0 Å². The average Bonchev–Trinajstić information content (AvgIpc) is 3.21. The highest BCUT2D eigenvalue weighted by Gasteiger charge is 2.23. The number of epoxide rings is 1. The third-order valence-electron chi connectivity index (χ3n) is 3.04. The Morgan fingerprint density at radius 1 is 1.17 bits per heavy atom. The van der Waals surface area contributed by atoms with Gasteiger partial charge in [-0.1, -0.05) is 48.0 Å². The molecular formula is C16H16O2. The summed E-state index contributed by atoms with van der Waals surface area (Å²) in [7, 11) is 0. The molecule has 1 atom stereocenters. The summed E-state index contributed by atoms with van der Waals surface area (Å²) in [6.07, 6.45) is 0.288. The molecule has 0 radical (unpaired) electrons. The first-order chi connectivity index (χ1) is 8.83. The number of hydrogen-bond acceptors (Lipinski definition) is 2. The van der Waals surface area contributed by atoms with Crippen molar-refractivity contribution in [3.8, 4) is 16.9 Å². The van der Waals surface area contributed by atoms with Crippen LogP contribution in [0.5, 0.6) is 5.75 Å². The van der Waals surface area contributed by atoms with E-state index in [1.807, 2.05) is 18.2 Å². The molecule has 0 spiro atoms. The Hall–Kier alpha value is -1.80. The molecule has 18 heavy (non-hydrogen) atoms. The van der Waals surface area contributed by atoms with Crippen LogP contribution < -0.4 is 4.74 Å². The van der Waals surface area contributed by atoms with Crippen molar-refractivity contribution in [3.63, 3.8) is 0 Å². The van der Waals surface area contributed by atoms with E-state index in [0.29, 0.717) is 6.61 Å². The van der Waals surface area contributed by atoms with Gasteiger partial charge in [0.15, 0.2) is 0 Å². The second-order valence-corrected chi connectivity index (χ2v) is 4.63. The Kier molecular flexibility index (Phi) is 3.03. The second-order valence-electron chi connectivity index (χ2n) is 4.63. The average molecular weight is 240 g/mol. The molecule has 0 saturated carbocycles. The van der Waals surface area contributed by atoms with Crippen LogP contribution in [0.4, 0.5) is 0 Å². The van der Waals surface area contributed by atoms with Crippen molar-refractivity contribution in [1.82, 2.24) is 0 Å². The number of para-hydroxylation sites is 1. The first kappa shape index (κ1) is 11.3. The standard InChI is InChI=1S/C16H16O2/c1-12-5-4-6-13(9-12)15-7-2-3-8-16(15)18-11-14-10-17-14/h2-9,14H,10-11H2,1H3. The molecule has 0 bridgehead atoms. The minimum atomic E-state index is 0.288. The summed E-state index contributed by atoms with van der Waals surface area (Å²) in [5.74, 6) is 0.929. The Balaban J connectivity index is 1.89. The molecule has 1 heterocycles. The monoisotopic (exact) mass is 240 g/mol. The van der Waals surface area contributed by atoms with Gasteiger partial charge in [-0.05, 0) is 18.6 Å². The fourth-order valence-electron chi connectivity index (χ4n) is 1.99. The van der Waals surface area contributed by atoms with Crippen LogP contribution in [0.3, 0.4) is 0 Å². The molecule has 1 unspecified atom stereocenters. The molecule has 0 N–H and O–H groups in total. The maximum absolute atomic E-state index is 5.83. The van der Waals surface area contributed by atoms with Crippen LogP contribution in [0, 0.1) is 6.92 Å². The van der Waals surface area contributed by atoms with Crippen molar-refractivity contribution >= 4 is 0 Å². The summed E-state index contributed by atoms with van der Waals surface area (Å²) in [5.41, 5.74) is 3.59. The van der Waals surface area contributed by atoms with Crippen LogP contribution in [-0.4, -0.2) is 19.3 Å². The molecule has 2 heteroatoms. The minimum absolute atomic E-state index is 0.288. The molecule has 2 nitrogen and oxygen atoms in total. The second kappa shape index (κ2) is 4.83. The quantitative estimate of drug-likeness (QED) is 0.764. The van der Waals surface area contributed by atoms with Gasteiger partial charge in [0.2, 0.25) is 0 Å². The molecule has 0 aromatic heterocycles. The van der Waals surface area contributed by atoms with E-state index in [4.69, 9.17) is 9.47 Å². The van der Waals surface area contributed by atoms with E-state index in [1.165, 1.54) is 11.1 Å². The first-order valence-electron chi connectivity index (χ1n) is 6.23. The number of rotatable bonds is 4. The van der Waals surface area contributed by atoms with E-state index < -0.39 is 0 Å².